The van der Waals surface area contributed by atoms with E-state index in [4.69, 9.17) is 14.5 Å². The third kappa shape index (κ3) is 6.60. The zero-order chi connectivity index (χ0) is 21.3. The third-order valence-corrected chi connectivity index (χ3v) is 5.89. The van der Waals surface area contributed by atoms with Crippen LogP contribution in [0.2, 0.25) is 0 Å². The fourth-order valence-electron chi connectivity index (χ4n) is 3.11. The molecule has 0 radical (unpaired) electrons. The van der Waals surface area contributed by atoms with E-state index in [1.807, 2.05) is 19.0 Å². The Morgan fingerprint density at radius 1 is 1.37 bits per heavy atom. The first-order valence-corrected chi connectivity index (χ1v) is 11.4. The average molecular weight is 432 g/mol. The minimum atomic E-state index is 0.478. The van der Waals surface area contributed by atoms with Gasteiger partial charge >= 0.3 is 0 Å². The van der Waals surface area contributed by atoms with Gasteiger partial charge in [-0.15, -0.1) is 11.3 Å². The maximum absolute atomic E-state index is 6.15. The first-order chi connectivity index (χ1) is 14.5. The monoisotopic (exact) mass is 431 g/mol. The highest BCUT2D eigenvalue weighted by Gasteiger charge is 2.17. The average Bonchev–Trinajstić information content (AvgIpc) is 3.41. The molecule has 1 aromatic carbocycles. The number of aromatic nitrogens is 1. The summed E-state index contributed by atoms with van der Waals surface area (Å²) in [5, 5.41) is 9.76. The first kappa shape index (κ1) is 22.4. The van der Waals surface area contributed by atoms with Crippen molar-refractivity contribution in [2.75, 3.05) is 45.4 Å². The highest BCUT2D eigenvalue weighted by atomic mass is 32.1. The number of hydrogen-bond donors (Lipinski definition) is 2. The van der Waals surface area contributed by atoms with Gasteiger partial charge in [-0.25, -0.2) is 9.98 Å². The van der Waals surface area contributed by atoms with Crippen molar-refractivity contribution in [3.05, 3.63) is 40.4 Å². The number of nitrogens with zero attached hydrogens (tertiary/aromatic N) is 3. The Hall–Kier alpha value is -2.32. The molecule has 0 amide bonds. The van der Waals surface area contributed by atoms with Crippen LogP contribution in [-0.4, -0.2) is 51.4 Å². The lowest BCUT2D eigenvalue weighted by molar-refractivity contribution is 0.166. The van der Waals surface area contributed by atoms with Crippen LogP contribution in [0.1, 0.15) is 30.2 Å². The number of benzene rings is 1. The molecule has 0 aliphatic carbocycles. The van der Waals surface area contributed by atoms with Gasteiger partial charge in [-0.2, -0.15) is 0 Å². The van der Waals surface area contributed by atoms with Gasteiger partial charge in [-0.3, -0.25) is 0 Å². The van der Waals surface area contributed by atoms with Gasteiger partial charge in [0.25, 0.3) is 0 Å². The van der Waals surface area contributed by atoms with E-state index in [9.17, 15) is 0 Å². The lowest BCUT2D eigenvalue weighted by Gasteiger charge is -2.15. The van der Waals surface area contributed by atoms with Crippen LogP contribution in [0.5, 0.6) is 5.75 Å². The number of anilines is 1. The molecule has 1 atom stereocenters. The lowest BCUT2D eigenvalue weighted by atomic mass is 10.1. The molecule has 8 heteroatoms. The molecule has 164 valence electrons. The van der Waals surface area contributed by atoms with Gasteiger partial charge in [0.2, 0.25) is 0 Å². The number of rotatable bonds is 9. The lowest BCUT2D eigenvalue weighted by Crippen LogP contribution is -2.36. The molecule has 2 aromatic rings. The smallest absolute Gasteiger partial charge is 0.191 e. The van der Waals surface area contributed by atoms with Crippen LogP contribution in [0.4, 0.5) is 5.13 Å². The number of aryl methyl sites for hydroxylation is 1. The predicted octanol–water partition coefficient (Wildman–Crippen LogP) is 3.19. The van der Waals surface area contributed by atoms with Gasteiger partial charge in [0.1, 0.15) is 5.75 Å². The summed E-state index contributed by atoms with van der Waals surface area (Å²) in [4.78, 5) is 11.4. The Balaban J connectivity index is 1.62. The van der Waals surface area contributed by atoms with E-state index in [2.05, 4.69) is 53.0 Å². The van der Waals surface area contributed by atoms with Gasteiger partial charge in [-0.1, -0.05) is 12.1 Å². The molecule has 1 aliphatic rings. The second-order valence-electron chi connectivity index (χ2n) is 7.72. The van der Waals surface area contributed by atoms with E-state index >= 15 is 0 Å². The number of nitrogens with one attached hydrogen (secondary N) is 2. The highest BCUT2D eigenvalue weighted by Crippen LogP contribution is 2.23. The van der Waals surface area contributed by atoms with E-state index < -0.39 is 0 Å². The molecule has 0 bridgehead atoms. The summed E-state index contributed by atoms with van der Waals surface area (Å²) in [6.45, 7) is 8.45. The second kappa shape index (κ2) is 11.2. The third-order valence-electron chi connectivity index (χ3n) is 4.83. The van der Waals surface area contributed by atoms with Crippen LogP contribution >= 0.6 is 11.3 Å². The number of ether oxygens (including phenoxy) is 2. The van der Waals surface area contributed by atoms with Gasteiger partial charge < -0.3 is 25.0 Å². The van der Waals surface area contributed by atoms with Crippen LogP contribution in [0.25, 0.3) is 0 Å². The Kier molecular flexibility index (Phi) is 8.33. The fourth-order valence-corrected chi connectivity index (χ4v) is 3.87. The Morgan fingerprint density at radius 3 is 2.93 bits per heavy atom. The highest BCUT2D eigenvalue weighted by molar-refractivity contribution is 7.13. The van der Waals surface area contributed by atoms with Crippen LogP contribution in [-0.2, 0) is 17.8 Å². The summed E-state index contributed by atoms with van der Waals surface area (Å²) >= 11 is 1.64. The summed E-state index contributed by atoms with van der Waals surface area (Å²) < 4.78 is 11.6. The molecule has 1 aliphatic heterocycles. The maximum atomic E-state index is 6.15. The predicted molar refractivity (Wildman–Crippen MR) is 124 cm³/mol. The molecular formula is C22H33N5O2S. The van der Waals surface area contributed by atoms with E-state index in [1.54, 1.807) is 11.3 Å². The summed E-state index contributed by atoms with van der Waals surface area (Å²) in [5.74, 6) is 2.16. The Labute approximate surface area is 183 Å². The zero-order valence-electron chi connectivity index (χ0n) is 18.4. The van der Waals surface area contributed by atoms with Crippen molar-refractivity contribution in [1.82, 2.24) is 15.6 Å². The minimum absolute atomic E-state index is 0.478. The number of aliphatic imine (C=N–C) groups is 1. The number of hydrogen-bond acceptors (Lipinski definition) is 6. The van der Waals surface area contributed by atoms with Gasteiger partial charge in [0.15, 0.2) is 11.1 Å². The molecule has 3 rings (SSSR count). The molecule has 30 heavy (non-hydrogen) atoms. The molecule has 1 aromatic heterocycles. The normalized spacial score (nSPS) is 16.5. The SMILES string of the molecule is CCNC(=NCc1ccc(C)cc1OCC1CCOC1)NCc1csc(N(C)C)n1. The van der Waals surface area contributed by atoms with Crippen molar-refractivity contribution < 1.29 is 9.47 Å². The number of thiazole rings is 1. The first-order valence-electron chi connectivity index (χ1n) is 10.5. The number of guanidine groups is 1. The van der Waals surface area contributed by atoms with Gasteiger partial charge in [0.05, 0.1) is 32.0 Å². The van der Waals surface area contributed by atoms with Crippen molar-refractivity contribution in [2.24, 2.45) is 10.9 Å². The quantitative estimate of drug-likeness (QED) is 0.469. The van der Waals surface area contributed by atoms with E-state index in [0.29, 0.717) is 25.6 Å². The van der Waals surface area contributed by atoms with E-state index in [1.165, 1.54) is 5.56 Å². The topological polar surface area (TPSA) is 71.0 Å². The summed E-state index contributed by atoms with van der Waals surface area (Å²) in [6, 6.07) is 6.31. The van der Waals surface area contributed by atoms with Gasteiger partial charge in [-0.05, 0) is 31.9 Å². The largest absolute Gasteiger partial charge is 0.493 e. The Morgan fingerprint density at radius 2 is 2.23 bits per heavy atom. The van der Waals surface area contributed by atoms with Crippen LogP contribution in [0, 0.1) is 12.8 Å². The van der Waals surface area contributed by atoms with Crippen LogP contribution in [0.3, 0.4) is 0 Å². The molecule has 7 nitrogen and oxygen atoms in total. The second-order valence-corrected chi connectivity index (χ2v) is 8.55. The summed E-state index contributed by atoms with van der Waals surface area (Å²) in [5.41, 5.74) is 3.28. The molecule has 0 spiro atoms. The van der Waals surface area contributed by atoms with Crippen molar-refractivity contribution in [1.29, 1.82) is 0 Å². The summed E-state index contributed by atoms with van der Waals surface area (Å²) in [6.07, 6.45) is 1.07. The zero-order valence-corrected chi connectivity index (χ0v) is 19.2. The fraction of sp³-hybridized carbons (Fsp3) is 0.545. The van der Waals surface area contributed by atoms with Gasteiger partial charge in [0, 0.05) is 44.1 Å². The van der Waals surface area contributed by atoms with Crippen molar-refractivity contribution in [3.8, 4) is 5.75 Å². The standard InChI is InChI=1S/C22H33N5O2S/c1-5-23-21(25-12-19-15-30-22(26-19)27(3)4)24-11-18-7-6-16(2)10-20(18)29-14-17-8-9-28-13-17/h6-7,10,15,17H,5,8-9,11-14H2,1-4H3,(H2,23,24,25). The van der Waals surface area contributed by atoms with E-state index in [-0.39, 0.29) is 0 Å². The molecule has 1 saturated heterocycles. The minimum Gasteiger partial charge on any atom is -0.493 e. The van der Waals surface area contributed by atoms with Crippen molar-refractivity contribution >= 4 is 22.4 Å². The van der Waals surface area contributed by atoms with Crippen LogP contribution in [0.15, 0.2) is 28.6 Å². The Bertz CT molecular complexity index is 831. The molecule has 1 fully saturated rings. The molecule has 2 heterocycles. The van der Waals surface area contributed by atoms with Crippen molar-refractivity contribution in [2.45, 2.75) is 33.4 Å². The molecule has 0 saturated carbocycles. The molecule has 2 N–H and O–H groups in total. The van der Waals surface area contributed by atoms with Crippen molar-refractivity contribution in [3.63, 3.8) is 0 Å². The molecular weight excluding hydrogens is 398 g/mol. The maximum Gasteiger partial charge on any atom is 0.191 e. The summed E-state index contributed by atoms with van der Waals surface area (Å²) in [7, 11) is 4.01. The van der Waals surface area contributed by atoms with E-state index in [0.717, 1.165) is 54.3 Å². The molecule has 1 unspecified atom stereocenters. The van der Waals surface area contributed by atoms with Crippen LogP contribution < -0.4 is 20.3 Å².